The first-order valence-electron chi connectivity index (χ1n) is 4.34. The molecule has 64 valence electrons. The van der Waals surface area contributed by atoms with E-state index in [1.807, 2.05) is 0 Å². The maximum Gasteiger partial charge on any atom is 0.284 e. The summed E-state index contributed by atoms with van der Waals surface area (Å²) in [6.45, 7) is 4.88. The van der Waals surface area contributed by atoms with Gasteiger partial charge in [-0.25, -0.2) is 4.99 Å². The smallest absolute Gasteiger partial charge is 0.284 e. The van der Waals surface area contributed by atoms with E-state index in [9.17, 15) is 0 Å². The molecular formula is C8H16N2O. The lowest BCUT2D eigenvalue weighted by molar-refractivity contribution is 0.267. The molecule has 0 bridgehead atoms. The lowest BCUT2D eigenvalue weighted by Crippen LogP contribution is -2.30. The second kappa shape index (κ2) is 4.99. The van der Waals surface area contributed by atoms with Crippen LogP contribution in [0.15, 0.2) is 4.99 Å². The first-order valence-corrected chi connectivity index (χ1v) is 4.34. The van der Waals surface area contributed by atoms with E-state index in [4.69, 9.17) is 4.74 Å². The number of unbranched alkanes of at least 4 members (excludes halogenated alkanes) is 1. The van der Waals surface area contributed by atoms with Crippen molar-refractivity contribution >= 4 is 6.02 Å². The third-order valence-electron chi connectivity index (χ3n) is 1.60. The van der Waals surface area contributed by atoms with E-state index in [1.54, 1.807) is 0 Å². The van der Waals surface area contributed by atoms with E-state index >= 15 is 0 Å². The molecule has 0 fully saturated rings. The molecule has 0 amide bonds. The van der Waals surface area contributed by atoms with Crippen molar-refractivity contribution in [1.82, 2.24) is 5.32 Å². The summed E-state index contributed by atoms with van der Waals surface area (Å²) in [5, 5.41) is 3.15. The zero-order valence-electron chi connectivity index (χ0n) is 7.10. The minimum atomic E-state index is 0.740. The first kappa shape index (κ1) is 8.37. The van der Waals surface area contributed by atoms with E-state index < -0.39 is 0 Å². The number of rotatable bonds is 3. The van der Waals surface area contributed by atoms with Crippen molar-refractivity contribution in [3.05, 3.63) is 0 Å². The van der Waals surface area contributed by atoms with E-state index in [0.29, 0.717) is 0 Å². The Bertz CT molecular complexity index is 134. The van der Waals surface area contributed by atoms with Gasteiger partial charge < -0.3 is 10.1 Å². The second-order valence-corrected chi connectivity index (χ2v) is 2.67. The topological polar surface area (TPSA) is 33.6 Å². The normalized spacial score (nSPS) is 17.0. The summed E-state index contributed by atoms with van der Waals surface area (Å²) in [5.74, 6) is 0. The molecule has 0 aromatic heterocycles. The lowest BCUT2D eigenvalue weighted by atomic mass is 10.3. The van der Waals surface area contributed by atoms with Gasteiger partial charge in [-0.05, 0) is 6.42 Å². The Morgan fingerprint density at radius 2 is 2.55 bits per heavy atom. The van der Waals surface area contributed by atoms with Crippen molar-refractivity contribution in [2.24, 2.45) is 4.99 Å². The highest BCUT2D eigenvalue weighted by atomic mass is 16.5. The Morgan fingerprint density at radius 1 is 1.64 bits per heavy atom. The third-order valence-corrected chi connectivity index (χ3v) is 1.60. The quantitative estimate of drug-likeness (QED) is 0.622. The average molecular weight is 156 g/mol. The Morgan fingerprint density at radius 3 is 3.18 bits per heavy atom. The van der Waals surface area contributed by atoms with Gasteiger partial charge in [0.25, 0.3) is 6.02 Å². The van der Waals surface area contributed by atoms with Gasteiger partial charge in [0.05, 0.1) is 6.61 Å². The number of nitrogens with zero attached hydrogens (tertiary/aromatic N) is 1. The fourth-order valence-electron chi connectivity index (χ4n) is 0.939. The maximum absolute atomic E-state index is 5.26. The molecule has 0 aromatic carbocycles. The van der Waals surface area contributed by atoms with Gasteiger partial charge in [-0.3, -0.25) is 0 Å². The average Bonchev–Trinajstić information content (AvgIpc) is 2.07. The van der Waals surface area contributed by atoms with Crippen molar-refractivity contribution in [2.45, 2.75) is 26.2 Å². The Labute approximate surface area is 67.8 Å². The van der Waals surface area contributed by atoms with Gasteiger partial charge >= 0.3 is 0 Å². The zero-order chi connectivity index (χ0) is 7.94. The number of aliphatic imine (C=N–C) groups is 1. The zero-order valence-corrected chi connectivity index (χ0v) is 7.10. The second-order valence-electron chi connectivity index (χ2n) is 2.67. The van der Waals surface area contributed by atoms with Crippen LogP contribution in [-0.2, 0) is 4.74 Å². The van der Waals surface area contributed by atoms with Gasteiger partial charge in [-0.1, -0.05) is 13.3 Å². The summed E-state index contributed by atoms with van der Waals surface area (Å²) >= 11 is 0. The minimum Gasteiger partial charge on any atom is -0.465 e. The third kappa shape index (κ3) is 3.25. The number of ether oxygens (including phenoxy) is 1. The molecule has 11 heavy (non-hydrogen) atoms. The minimum absolute atomic E-state index is 0.740. The molecule has 0 aliphatic carbocycles. The fraction of sp³-hybridized carbons (Fsp3) is 0.875. The number of hydrogen-bond donors (Lipinski definition) is 1. The highest BCUT2D eigenvalue weighted by Crippen LogP contribution is 1.94. The van der Waals surface area contributed by atoms with E-state index in [1.165, 1.54) is 12.8 Å². The van der Waals surface area contributed by atoms with Gasteiger partial charge in [-0.15, -0.1) is 0 Å². The molecule has 1 aliphatic rings. The molecule has 1 heterocycles. The van der Waals surface area contributed by atoms with E-state index in [2.05, 4.69) is 17.2 Å². The van der Waals surface area contributed by atoms with Crippen LogP contribution in [0.4, 0.5) is 0 Å². The molecule has 0 unspecified atom stereocenters. The Kier molecular flexibility index (Phi) is 3.80. The van der Waals surface area contributed by atoms with Crippen LogP contribution in [0.5, 0.6) is 0 Å². The molecule has 0 saturated carbocycles. The van der Waals surface area contributed by atoms with Gasteiger partial charge in [-0.2, -0.15) is 0 Å². The Hall–Kier alpha value is -0.730. The molecule has 0 saturated heterocycles. The van der Waals surface area contributed by atoms with Crippen LogP contribution < -0.4 is 5.32 Å². The summed E-state index contributed by atoms with van der Waals surface area (Å²) in [5.41, 5.74) is 0. The predicted molar refractivity (Wildman–Crippen MR) is 45.8 cm³/mol. The first-order chi connectivity index (χ1) is 5.43. The maximum atomic E-state index is 5.26. The van der Waals surface area contributed by atoms with Crippen LogP contribution in [0.25, 0.3) is 0 Å². The highest BCUT2D eigenvalue weighted by Gasteiger charge is 2.03. The lowest BCUT2D eigenvalue weighted by Gasteiger charge is -2.14. The fourth-order valence-corrected chi connectivity index (χ4v) is 0.939. The van der Waals surface area contributed by atoms with Crippen LogP contribution in [0.1, 0.15) is 26.2 Å². The molecule has 0 spiro atoms. The molecule has 1 aliphatic heterocycles. The van der Waals surface area contributed by atoms with E-state index in [0.717, 1.165) is 32.1 Å². The summed E-state index contributed by atoms with van der Waals surface area (Å²) in [6, 6.07) is 0.740. The van der Waals surface area contributed by atoms with E-state index in [-0.39, 0.29) is 0 Å². The monoisotopic (exact) mass is 156 g/mol. The van der Waals surface area contributed by atoms with Gasteiger partial charge in [0.1, 0.15) is 0 Å². The van der Waals surface area contributed by atoms with Crippen molar-refractivity contribution in [3.8, 4) is 0 Å². The molecular weight excluding hydrogens is 140 g/mol. The number of hydrogen-bond acceptors (Lipinski definition) is 3. The molecule has 0 aromatic rings. The van der Waals surface area contributed by atoms with Crippen molar-refractivity contribution < 1.29 is 4.74 Å². The van der Waals surface area contributed by atoms with Crippen molar-refractivity contribution in [3.63, 3.8) is 0 Å². The number of nitrogens with one attached hydrogen (secondary N) is 1. The van der Waals surface area contributed by atoms with Gasteiger partial charge in [0.2, 0.25) is 0 Å². The predicted octanol–water partition coefficient (Wildman–Crippen LogP) is 1.15. The number of amidine groups is 1. The van der Waals surface area contributed by atoms with Crippen LogP contribution in [-0.4, -0.2) is 25.7 Å². The van der Waals surface area contributed by atoms with Gasteiger partial charge in [0.15, 0.2) is 0 Å². The van der Waals surface area contributed by atoms with Crippen LogP contribution in [0, 0.1) is 0 Å². The van der Waals surface area contributed by atoms with Crippen LogP contribution in [0.3, 0.4) is 0 Å². The molecule has 0 radical (unpaired) electrons. The molecule has 3 heteroatoms. The molecule has 1 rings (SSSR count). The van der Waals surface area contributed by atoms with Crippen molar-refractivity contribution in [1.29, 1.82) is 0 Å². The summed E-state index contributed by atoms with van der Waals surface area (Å²) in [7, 11) is 0. The Balaban J connectivity index is 2.09. The SMILES string of the molecule is CCCCNC1=NCCCO1. The standard InChI is InChI=1S/C8H16N2O/c1-2-3-5-9-8-10-6-4-7-11-8/h2-7H2,1H3,(H,9,10). The summed E-state index contributed by atoms with van der Waals surface area (Å²) < 4.78 is 5.26. The van der Waals surface area contributed by atoms with Crippen molar-refractivity contribution in [2.75, 3.05) is 19.7 Å². The molecule has 1 N–H and O–H groups in total. The summed E-state index contributed by atoms with van der Waals surface area (Å²) in [6.07, 6.45) is 3.45. The molecule has 0 atom stereocenters. The molecule has 3 nitrogen and oxygen atoms in total. The van der Waals surface area contributed by atoms with Crippen LogP contribution in [0.2, 0.25) is 0 Å². The van der Waals surface area contributed by atoms with Crippen LogP contribution >= 0.6 is 0 Å². The highest BCUT2D eigenvalue weighted by molar-refractivity contribution is 5.73. The van der Waals surface area contributed by atoms with Gasteiger partial charge in [0, 0.05) is 19.5 Å². The largest absolute Gasteiger partial charge is 0.465 e. The summed E-state index contributed by atoms with van der Waals surface area (Å²) in [4.78, 5) is 4.18.